The van der Waals surface area contributed by atoms with Crippen LogP contribution in [0.15, 0.2) is 72.2 Å². The molecule has 3 aromatic carbocycles. The zero-order chi connectivity index (χ0) is 29.4. The summed E-state index contributed by atoms with van der Waals surface area (Å²) in [5.74, 6) is -0.455. The molecule has 1 heterocycles. The fraction of sp³-hybridized carbons (Fsp3) is 0.333. The van der Waals surface area contributed by atoms with Gasteiger partial charge in [-0.3, -0.25) is 0 Å². The number of esters is 1. The van der Waals surface area contributed by atoms with Gasteiger partial charge >= 0.3 is 19.2 Å². The third kappa shape index (κ3) is 5.67. The summed E-state index contributed by atoms with van der Waals surface area (Å²) in [5, 5.41) is 2.89. The molecule has 0 radical (unpaired) electrons. The number of carbonyl (C=O) groups excluding carboxylic acids is 2. The maximum atomic E-state index is 13.0. The molecule has 1 aliphatic carbocycles. The summed E-state index contributed by atoms with van der Waals surface area (Å²) in [6.07, 6.45) is 1.36. The molecule has 1 N–H and O–H groups in total. The Balaban J connectivity index is 1.34. The summed E-state index contributed by atoms with van der Waals surface area (Å²) >= 11 is 0. The molecule has 2 aliphatic rings. The van der Waals surface area contributed by atoms with E-state index in [9.17, 15) is 9.59 Å². The molecule has 1 saturated heterocycles. The average molecular weight is 553 g/mol. The largest absolute Gasteiger partial charge is 0.492 e. The maximum absolute atomic E-state index is 13.0. The van der Waals surface area contributed by atoms with E-state index in [0.717, 1.165) is 22.3 Å². The van der Waals surface area contributed by atoms with Gasteiger partial charge in [-0.05, 0) is 85.6 Å². The fourth-order valence-corrected chi connectivity index (χ4v) is 5.26. The van der Waals surface area contributed by atoms with Gasteiger partial charge in [-0.2, -0.15) is 0 Å². The third-order valence-electron chi connectivity index (χ3n) is 8.38. The highest BCUT2D eigenvalue weighted by atomic mass is 16.7. The molecule has 0 spiro atoms. The smallest absolute Gasteiger partial charge is 0.465 e. The lowest BCUT2D eigenvalue weighted by molar-refractivity contribution is 0.00578. The molecule has 0 saturated carbocycles. The van der Waals surface area contributed by atoms with Crippen LogP contribution in [0.4, 0.5) is 4.79 Å². The van der Waals surface area contributed by atoms with Gasteiger partial charge in [0.25, 0.3) is 0 Å². The van der Waals surface area contributed by atoms with Crippen molar-refractivity contribution in [2.75, 3.05) is 20.3 Å². The van der Waals surface area contributed by atoms with E-state index >= 15 is 0 Å². The highest BCUT2D eigenvalue weighted by Crippen LogP contribution is 2.44. The molecule has 0 atom stereocenters. The Labute approximate surface area is 242 Å². The first-order valence-corrected chi connectivity index (χ1v) is 13.8. The molecule has 0 aromatic heterocycles. The molecular formula is C33H36BNO6. The zero-order valence-corrected chi connectivity index (χ0v) is 24.4. The van der Waals surface area contributed by atoms with Crippen molar-refractivity contribution >= 4 is 25.3 Å². The molecule has 0 bridgehead atoms. The van der Waals surface area contributed by atoms with Gasteiger partial charge in [0.2, 0.25) is 0 Å². The van der Waals surface area contributed by atoms with E-state index in [2.05, 4.69) is 29.6 Å². The van der Waals surface area contributed by atoms with Gasteiger partial charge in [0.15, 0.2) is 0 Å². The molecule has 1 fully saturated rings. The van der Waals surface area contributed by atoms with Crippen molar-refractivity contribution < 1.29 is 28.4 Å². The summed E-state index contributed by atoms with van der Waals surface area (Å²) in [6, 6.07) is 21.8. The average Bonchev–Trinajstić information content (AvgIpc) is 3.39. The van der Waals surface area contributed by atoms with E-state index < -0.39 is 30.4 Å². The molecule has 212 valence electrons. The Morgan fingerprint density at radius 1 is 0.927 bits per heavy atom. The number of amides is 1. The van der Waals surface area contributed by atoms with E-state index in [1.54, 1.807) is 12.1 Å². The molecule has 3 aromatic rings. The van der Waals surface area contributed by atoms with Crippen LogP contribution < -0.4 is 5.32 Å². The van der Waals surface area contributed by atoms with E-state index in [1.807, 2.05) is 71.0 Å². The summed E-state index contributed by atoms with van der Waals surface area (Å²) in [5.41, 5.74) is 6.40. The number of hydrogen-bond acceptors (Lipinski definition) is 6. The Morgan fingerprint density at radius 2 is 1.51 bits per heavy atom. The van der Waals surface area contributed by atoms with Crippen LogP contribution in [0.5, 0.6) is 0 Å². The molecule has 5 rings (SSSR count). The summed E-state index contributed by atoms with van der Waals surface area (Å²) in [4.78, 5) is 25.2. The minimum Gasteiger partial charge on any atom is -0.465 e. The van der Waals surface area contributed by atoms with Crippen molar-refractivity contribution in [2.24, 2.45) is 0 Å². The molecule has 7 nitrogen and oxygen atoms in total. The second-order valence-electron chi connectivity index (χ2n) is 11.5. The lowest BCUT2D eigenvalue weighted by Crippen LogP contribution is -2.41. The van der Waals surface area contributed by atoms with Crippen LogP contribution in [0, 0.1) is 6.92 Å². The first kappa shape index (κ1) is 28.6. The Kier molecular flexibility index (Phi) is 7.81. The molecule has 0 unspecified atom stereocenters. The van der Waals surface area contributed by atoms with Gasteiger partial charge in [-0.25, -0.2) is 9.59 Å². The number of hydrogen-bond donors (Lipinski definition) is 1. The van der Waals surface area contributed by atoms with Crippen LogP contribution >= 0.6 is 0 Å². The van der Waals surface area contributed by atoms with Gasteiger partial charge in [0.05, 0.1) is 23.9 Å². The highest BCUT2D eigenvalue weighted by Gasteiger charge is 2.52. The minimum absolute atomic E-state index is 0.0324. The maximum Gasteiger partial charge on any atom is 0.492 e. The van der Waals surface area contributed by atoms with Gasteiger partial charge in [-0.1, -0.05) is 60.7 Å². The number of fused-ring (bicyclic) bond motifs is 3. The lowest BCUT2D eigenvalue weighted by atomic mass is 9.76. The SMILES string of the molecule is COC(=O)c1ccc(C)c(C=C(CNC(=O)OCC2c3ccccc3-c3ccccc32)B2OC(C)(C)C(C)(C)O2)c1. The molecule has 8 heteroatoms. The number of nitrogens with one attached hydrogen (secondary N) is 1. The summed E-state index contributed by atoms with van der Waals surface area (Å²) < 4.78 is 23.3. The normalized spacial score (nSPS) is 17.1. The van der Waals surface area contributed by atoms with E-state index in [-0.39, 0.29) is 19.1 Å². The quantitative estimate of drug-likeness (QED) is 0.272. The lowest BCUT2D eigenvalue weighted by Gasteiger charge is -2.32. The van der Waals surface area contributed by atoms with Crippen LogP contribution in [-0.4, -0.2) is 50.6 Å². The van der Waals surface area contributed by atoms with Crippen LogP contribution in [0.3, 0.4) is 0 Å². The summed E-state index contributed by atoms with van der Waals surface area (Å²) in [7, 11) is 0.654. The number of benzene rings is 3. The number of methoxy groups -OCH3 is 1. The second-order valence-corrected chi connectivity index (χ2v) is 11.5. The first-order chi connectivity index (χ1) is 19.5. The number of rotatable bonds is 7. The van der Waals surface area contributed by atoms with Crippen LogP contribution in [0.1, 0.15) is 66.2 Å². The molecular weight excluding hydrogens is 517 g/mol. The minimum atomic E-state index is -0.699. The predicted molar refractivity (Wildman–Crippen MR) is 160 cm³/mol. The van der Waals surface area contributed by atoms with Crippen molar-refractivity contribution in [3.8, 4) is 11.1 Å². The number of carbonyl (C=O) groups is 2. The topological polar surface area (TPSA) is 83.1 Å². The number of ether oxygens (including phenoxy) is 2. The molecule has 1 aliphatic heterocycles. The van der Waals surface area contributed by atoms with Crippen LogP contribution in [0.25, 0.3) is 17.2 Å². The highest BCUT2D eigenvalue weighted by molar-refractivity contribution is 6.56. The monoisotopic (exact) mass is 553 g/mol. The van der Waals surface area contributed by atoms with Crippen molar-refractivity contribution in [3.05, 3.63) is 100 Å². The second kappa shape index (κ2) is 11.2. The Morgan fingerprint density at radius 3 is 2.10 bits per heavy atom. The molecule has 1 amide bonds. The van der Waals surface area contributed by atoms with Crippen LogP contribution in [-0.2, 0) is 18.8 Å². The van der Waals surface area contributed by atoms with Gasteiger partial charge in [0.1, 0.15) is 6.61 Å². The Hall–Kier alpha value is -3.88. The fourth-order valence-electron chi connectivity index (χ4n) is 5.26. The standard InChI is InChI=1S/C33H36BNO6/c1-21-15-16-22(30(36)38-6)17-23(21)18-24(34-40-32(2,3)33(4,5)41-34)19-35-31(37)39-20-29-27-13-9-7-11-25(27)26-12-8-10-14-28(26)29/h7-18,29H,19-20H2,1-6H3,(H,35,37). The van der Waals surface area contributed by atoms with Gasteiger partial charge < -0.3 is 24.1 Å². The van der Waals surface area contributed by atoms with Crippen molar-refractivity contribution in [1.82, 2.24) is 5.32 Å². The van der Waals surface area contributed by atoms with Crippen molar-refractivity contribution in [2.45, 2.75) is 51.7 Å². The number of alkyl carbamates (subject to hydrolysis) is 1. The van der Waals surface area contributed by atoms with E-state index in [4.69, 9.17) is 18.8 Å². The van der Waals surface area contributed by atoms with Gasteiger partial charge in [-0.15, -0.1) is 0 Å². The Bertz CT molecular complexity index is 1450. The van der Waals surface area contributed by atoms with E-state index in [1.165, 1.54) is 18.2 Å². The van der Waals surface area contributed by atoms with Crippen molar-refractivity contribution in [3.63, 3.8) is 0 Å². The summed E-state index contributed by atoms with van der Waals surface area (Å²) in [6.45, 7) is 10.2. The third-order valence-corrected chi connectivity index (χ3v) is 8.38. The first-order valence-electron chi connectivity index (χ1n) is 13.8. The van der Waals surface area contributed by atoms with Crippen molar-refractivity contribution in [1.29, 1.82) is 0 Å². The molecule has 41 heavy (non-hydrogen) atoms. The van der Waals surface area contributed by atoms with Gasteiger partial charge in [0, 0.05) is 12.5 Å². The van der Waals surface area contributed by atoms with E-state index in [0.29, 0.717) is 11.0 Å². The number of aryl methyl sites for hydroxylation is 1. The predicted octanol–water partition coefficient (Wildman–Crippen LogP) is 6.34. The zero-order valence-electron chi connectivity index (χ0n) is 24.4. The van der Waals surface area contributed by atoms with Crippen LogP contribution in [0.2, 0.25) is 0 Å².